The van der Waals surface area contributed by atoms with Gasteiger partial charge in [0.2, 0.25) is 0 Å². The molecule has 5 heteroatoms. The molecule has 1 atom stereocenters. The first-order chi connectivity index (χ1) is 10.7. The molecule has 2 heterocycles. The van der Waals surface area contributed by atoms with Crippen LogP contribution in [0.5, 0.6) is 0 Å². The van der Waals surface area contributed by atoms with Gasteiger partial charge in [0, 0.05) is 19.1 Å². The number of nitrogens with one attached hydrogen (secondary N) is 1. The van der Waals surface area contributed by atoms with Crippen molar-refractivity contribution in [3.05, 3.63) is 48.0 Å². The molecule has 1 unspecified atom stereocenters. The predicted octanol–water partition coefficient (Wildman–Crippen LogP) is 2.91. The molecule has 0 aliphatic carbocycles. The number of carbonyl (C=O) groups is 1. The number of halogens is 1. The van der Waals surface area contributed by atoms with Gasteiger partial charge in [-0.2, -0.15) is 0 Å². The summed E-state index contributed by atoms with van der Waals surface area (Å²) in [6, 6.07) is 9.96. The van der Waals surface area contributed by atoms with E-state index in [0.29, 0.717) is 23.9 Å². The standard InChI is InChI=1S/C17H19FN2O2/c1-19-12-5-4-10-20(11-12)17(21)16-9-8-15(22-16)13-6-2-3-7-14(13)18/h2-3,6-9,12,19H,4-5,10-11H2,1H3. The molecule has 0 radical (unpaired) electrons. The van der Waals surface area contributed by atoms with E-state index in [1.54, 1.807) is 35.2 Å². The predicted molar refractivity (Wildman–Crippen MR) is 82.1 cm³/mol. The van der Waals surface area contributed by atoms with Gasteiger partial charge >= 0.3 is 0 Å². The topological polar surface area (TPSA) is 45.5 Å². The number of carbonyl (C=O) groups excluding carboxylic acids is 1. The van der Waals surface area contributed by atoms with E-state index in [1.165, 1.54) is 6.07 Å². The van der Waals surface area contributed by atoms with Gasteiger partial charge in [-0.15, -0.1) is 0 Å². The maximum Gasteiger partial charge on any atom is 0.289 e. The number of likely N-dealkylation sites (tertiary alicyclic amines) is 1. The minimum atomic E-state index is -0.357. The summed E-state index contributed by atoms with van der Waals surface area (Å²) < 4.78 is 19.4. The van der Waals surface area contributed by atoms with Gasteiger partial charge in [0.15, 0.2) is 5.76 Å². The van der Waals surface area contributed by atoms with Crippen LogP contribution < -0.4 is 5.32 Å². The van der Waals surface area contributed by atoms with E-state index < -0.39 is 0 Å². The lowest BCUT2D eigenvalue weighted by molar-refractivity contribution is 0.0667. The average Bonchev–Trinajstić information content (AvgIpc) is 3.04. The summed E-state index contributed by atoms with van der Waals surface area (Å²) in [5.74, 6) is 0.144. The number of benzene rings is 1. The smallest absolute Gasteiger partial charge is 0.289 e. The van der Waals surface area contributed by atoms with Crippen LogP contribution in [-0.4, -0.2) is 37.0 Å². The molecule has 3 rings (SSSR count). The van der Waals surface area contributed by atoms with Crippen molar-refractivity contribution in [2.75, 3.05) is 20.1 Å². The van der Waals surface area contributed by atoms with Crippen LogP contribution in [0.15, 0.2) is 40.8 Å². The number of nitrogens with zero attached hydrogens (tertiary/aromatic N) is 1. The van der Waals surface area contributed by atoms with E-state index in [-0.39, 0.29) is 17.5 Å². The van der Waals surface area contributed by atoms with Gasteiger partial charge in [-0.1, -0.05) is 12.1 Å². The lowest BCUT2D eigenvalue weighted by Crippen LogP contribution is -2.46. The fourth-order valence-corrected chi connectivity index (χ4v) is 2.81. The first-order valence-corrected chi connectivity index (χ1v) is 7.50. The Morgan fingerprint density at radius 2 is 2.14 bits per heavy atom. The molecule has 1 aliphatic heterocycles. The Labute approximate surface area is 128 Å². The van der Waals surface area contributed by atoms with Crippen molar-refractivity contribution in [1.29, 1.82) is 0 Å². The zero-order valence-corrected chi connectivity index (χ0v) is 12.5. The van der Waals surface area contributed by atoms with Crippen molar-refractivity contribution < 1.29 is 13.6 Å². The van der Waals surface area contributed by atoms with Crippen molar-refractivity contribution >= 4 is 5.91 Å². The van der Waals surface area contributed by atoms with Crippen LogP contribution in [0.25, 0.3) is 11.3 Å². The van der Waals surface area contributed by atoms with E-state index >= 15 is 0 Å². The van der Waals surface area contributed by atoms with Crippen LogP contribution in [0, 0.1) is 5.82 Å². The second kappa shape index (κ2) is 6.32. The second-order valence-electron chi connectivity index (χ2n) is 5.52. The van der Waals surface area contributed by atoms with Gasteiger partial charge in [-0.05, 0) is 44.2 Å². The number of furan rings is 1. The Morgan fingerprint density at radius 1 is 1.32 bits per heavy atom. The zero-order valence-electron chi connectivity index (χ0n) is 12.5. The van der Waals surface area contributed by atoms with Gasteiger partial charge in [0.25, 0.3) is 5.91 Å². The maximum atomic E-state index is 13.8. The monoisotopic (exact) mass is 302 g/mol. The molecular formula is C17H19FN2O2. The van der Waals surface area contributed by atoms with Crippen molar-refractivity contribution in [3.8, 4) is 11.3 Å². The van der Waals surface area contributed by atoms with Gasteiger partial charge in [-0.25, -0.2) is 4.39 Å². The molecule has 1 aromatic heterocycles. The third-order valence-corrected chi connectivity index (χ3v) is 4.07. The molecule has 1 aliphatic rings. The van der Waals surface area contributed by atoms with Crippen LogP contribution >= 0.6 is 0 Å². The first-order valence-electron chi connectivity index (χ1n) is 7.50. The van der Waals surface area contributed by atoms with Gasteiger partial charge in [-0.3, -0.25) is 4.79 Å². The largest absolute Gasteiger partial charge is 0.451 e. The number of likely N-dealkylation sites (N-methyl/N-ethyl adjacent to an activating group) is 1. The summed E-state index contributed by atoms with van der Waals surface area (Å²) in [6.45, 7) is 1.40. The number of amides is 1. The number of piperidine rings is 1. The molecule has 4 nitrogen and oxygen atoms in total. The average molecular weight is 302 g/mol. The Morgan fingerprint density at radius 3 is 2.91 bits per heavy atom. The Hall–Kier alpha value is -2.14. The molecule has 1 aromatic carbocycles. The zero-order chi connectivity index (χ0) is 15.5. The molecule has 1 N–H and O–H groups in total. The highest BCUT2D eigenvalue weighted by Crippen LogP contribution is 2.25. The summed E-state index contributed by atoms with van der Waals surface area (Å²) in [6.07, 6.45) is 2.04. The molecule has 0 spiro atoms. The fraction of sp³-hybridized carbons (Fsp3) is 0.353. The second-order valence-corrected chi connectivity index (χ2v) is 5.52. The lowest BCUT2D eigenvalue weighted by atomic mass is 10.1. The van der Waals surface area contributed by atoms with E-state index in [1.807, 2.05) is 7.05 Å². The molecule has 0 saturated carbocycles. The van der Waals surface area contributed by atoms with Crippen molar-refractivity contribution in [3.63, 3.8) is 0 Å². The summed E-state index contributed by atoms with van der Waals surface area (Å²) in [5, 5.41) is 3.20. The fourth-order valence-electron chi connectivity index (χ4n) is 2.81. The highest BCUT2D eigenvalue weighted by Gasteiger charge is 2.25. The molecular weight excluding hydrogens is 283 g/mol. The first kappa shape index (κ1) is 14.8. The van der Waals surface area contributed by atoms with Crippen LogP contribution in [0.4, 0.5) is 4.39 Å². The summed E-state index contributed by atoms with van der Waals surface area (Å²) >= 11 is 0. The molecule has 2 aromatic rings. The molecule has 1 amide bonds. The van der Waals surface area contributed by atoms with Crippen LogP contribution in [0.1, 0.15) is 23.4 Å². The Balaban J connectivity index is 1.79. The molecule has 22 heavy (non-hydrogen) atoms. The van der Waals surface area contributed by atoms with Crippen LogP contribution in [0.3, 0.4) is 0 Å². The van der Waals surface area contributed by atoms with Crippen LogP contribution in [0.2, 0.25) is 0 Å². The highest BCUT2D eigenvalue weighted by molar-refractivity contribution is 5.92. The summed E-state index contributed by atoms with van der Waals surface area (Å²) in [7, 11) is 1.90. The van der Waals surface area contributed by atoms with Gasteiger partial charge < -0.3 is 14.6 Å². The number of rotatable bonds is 3. The Kier molecular flexibility index (Phi) is 4.24. The molecule has 116 valence electrons. The van der Waals surface area contributed by atoms with Gasteiger partial charge in [0.1, 0.15) is 11.6 Å². The quantitative estimate of drug-likeness (QED) is 0.948. The third kappa shape index (κ3) is 2.90. The summed E-state index contributed by atoms with van der Waals surface area (Å²) in [5.41, 5.74) is 0.369. The van der Waals surface area contributed by atoms with Crippen molar-refractivity contribution in [2.45, 2.75) is 18.9 Å². The third-order valence-electron chi connectivity index (χ3n) is 4.07. The van der Waals surface area contributed by atoms with Crippen molar-refractivity contribution in [1.82, 2.24) is 10.2 Å². The van der Waals surface area contributed by atoms with Crippen molar-refractivity contribution in [2.24, 2.45) is 0 Å². The summed E-state index contributed by atoms with van der Waals surface area (Å²) in [4.78, 5) is 14.3. The Bertz CT molecular complexity index is 668. The minimum Gasteiger partial charge on any atom is -0.451 e. The number of hydrogen-bond acceptors (Lipinski definition) is 3. The highest BCUT2D eigenvalue weighted by atomic mass is 19.1. The molecule has 1 saturated heterocycles. The number of hydrogen-bond donors (Lipinski definition) is 1. The maximum absolute atomic E-state index is 13.8. The SMILES string of the molecule is CNC1CCCN(C(=O)c2ccc(-c3ccccc3F)o2)C1. The normalized spacial score (nSPS) is 18.5. The molecule has 1 fully saturated rings. The molecule has 0 bridgehead atoms. The minimum absolute atomic E-state index is 0.137. The lowest BCUT2D eigenvalue weighted by Gasteiger charge is -2.31. The van der Waals surface area contributed by atoms with Gasteiger partial charge in [0.05, 0.1) is 5.56 Å². The van der Waals surface area contributed by atoms with E-state index in [0.717, 1.165) is 19.4 Å². The van der Waals surface area contributed by atoms with Crippen LogP contribution in [-0.2, 0) is 0 Å². The van der Waals surface area contributed by atoms with E-state index in [2.05, 4.69) is 5.32 Å². The van der Waals surface area contributed by atoms with E-state index in [4.69, 9.17) is 4.42 Å². The van der Waals surface area contributed by atoms with E-state index in [9.17, 15) is 9.18 Å².